The number of hydrogen-bond donors (Lipinski definition) is 0. The second-order valence-corrected chi connectivity index (χ2v) is 6.77. The molecule has 106 valence electrons. The first-order valence-electron chi connectivity index (χ1n) is 6.49. The van der Waals surface area contributed by atoms with Crippen molar-refractivity contribution in [3.63, 3.8) is 0 Å². The third-order valence-corrected chi connectivity index (χ3v) is 4.70. The van der Waals surface area contributed by atoms with E-state index in [9.17, 15) is 4.79 Å². The molecule has 0 N–H and O–H groups in total. The number of thiazole rings is 1. The Hall–Kier alpha value is -1.72. The predicted molar refractivity (Wildman–Crippen MR) is 89.6 cm³/mol. The van der Waals surface area contributed by atoms with Crippen LogP contribution < -0.4 is 0 Å². The van der Waals surface area contributed by atoms with Crippen molar-refractivity contribution in [1.82, 2.24) is 9.88 Å². The molecule has 0 bridgehead atoms. The fourth-order valence-electron chi connectivity index (χ4n) is 2.08. The van der Waals surface area contributed by atoms with Crippen LogP contribution in [0.3, 0.4) is 0 Å². The van der Waals surface area contributed by atoms with E-state index in [0.717, 1.165) is 19.7 Å². The summed E-state index contributed by atoms with van der Waals surface area (Å²) in [6.45, 7) is 0.522. The normalized spacial score (nSPS) is 10.8. The zero-order valence-electron chi connectivity index (χ0n) is 11.4. The molecule has 0 atom stereocenters. The number of hydrogen-bond acceptors (Lipinski definition) is 3. The van der Waals surface area contributed by atoms with Gasteiger partial charge < -0.3 is 4.90 Å². The zero-order chi connectivity index (χ0) is 14.8. The topological polar surface area (TPSA) is 33.2 Å². The van der Waals surface area contributed by atoms with E-state index in [1.807, 2.05) is 48.5 Å². The first-order chi connectivity index (χ1) is 10.1. The van der Waals surface area contributed by atoms with Gasteiger partial charge in [-0.1, -0.05) is 28.1 Å². The summed E-state index contributed by atoms with van der Waals surface area (Å²) in [4.78, 5) is 18.6. The highest BCUT2D eigenvalue weighted by molar-refractivity contribution is 9.10. The van der Waals surface area contributed by atoms with Crippen LogP contribution in [-0.2, 0) is 6.54 Å². The van der Waals surface area contributed by atoms with Crippen LogP contribution in [0.15, 0.2) is 53.0 Å². The SMILES string of the molecule is CN(Cc1nc2ccccc2s1)C(=O)c1ccc(Br)cc1. The number of carbonyl (C=O) groups is 1. The lowest BCUT2D eigenvalue weighted by molar-refractivity contribution is 0.0785. The number of fused-ring (bicyclic) bond motifs is 1. The average Bonchev–Trinajstić information content (AvgIpc) is 2.89. The lowest BCUT2D eigenvalue weighted by Crippen LogP contribution is -2.26. The van der Waals surface area contributed by atoms with E-state index < -0.39 is 0 Å². The van der Waals surface area contributed by atoms with E-state index in [-0.39, 0.29) is 5.91 Å². The summed E-state index contributed by atoms with van der Waals surface area (Å²) in [6.07, 6.45) is 0. The van der Waals surface area contributed by atoms with Crippen molar-refractivity contribution in [2.75, 3.05) is 7.05 Å². The monoisotopic (exact) mass is 360 g/mol. The Labute approximate surface area is 135 Å². The van der Waals surface area contributed by atoms with Crippen LogP contribution in [0.4, 0.5) is 0 Å². The molecule has 1 heterocycles. The maximum absolute atomic E-state index is 12.4. The molecule has 21 heavy (non-hydrogen) atoms. The molecule has 0 saturated heterocycles. The summed E-state index contributed by atoms with van der Waals surface area (Å²) in [7, 11) is 1.80. The van der Waals surface area contributed by atoms with Gasteiger partial charge in [-0.2, -0.15) is 0 Å². The van der Waals surface area contributed by atoms with E-state index in [2.05, 4.69) is 20.9 Å². The largest absolute Gasteiger partial charge is 0.335 e. The third kappa shape index (κ3) is 3.14. The summed E-state index contributed by atoms with van der Waals surface area (Å²) < 4.78 is 2.12. The second-order valence-electron chi connectivity index (χ2n) is 4.74. The van der Waals surface area contributed by atoms with Crippen LogP contribution in [0.5, 0.6) is 0 Å². The number of amides is 1. The highest BCUT2D eigenvalue weighted by atomic mass is 79.9. The van der Waals surface area contributed by atoms with Crippen molar-refractivity contribution in [1.29, 1.82) is 0 Å². The number of halogens is 1. The second kappa shape index (κ2) is 5.95. The van der Waals surface area contributed by atoms with Crippen LogP contribution in [0.25, 0.3) is 10.2 Å². The Morgan fingerprint density at radius 1 is 1.19 bits per heavy atom. The standard InChI is InChI=1S/C16H13BrN2OS/c1-19(16(20)11-6-8-12(17)9-7-11)10-15-18-13-4-2-3-5-14(13)21-15/h2-9H,10H2,1H3. The fourth-order valence-corrected chi connectivity index (χ4v) is 3.36. The summed E-state index contributed by atoms with van der Waals surface area (Å²) in [5, 5.41) is 0.948. The first-order valence-corrected chi connectivity index (χ1v) is 8.10. The van der Waals surface area contributed by atoms with Crippen LogP contribution in [0.1, 0.15) is 15.4 Å². The molecular formula is C16H13BrN2OS. The molecule has 0 aliphatic carbocycles. The number of benzene rings is 2. The maximum Gasteiger partial charge on any atom is 0.253 e. The molecule has 0 fully saturated rings. The Morgan fingerprint density at radius 2 is 1.90 bits per heavy atom. The molecule has 0 aliphatic heterocycles. The van der Waals surface area contributed by atoms with Gasteiger partial charge in [0.15, 0.2) is 0 Å². The number of nitrogens with zero attached hydrogens (tertiary/aromatic N) is 2. The summed E-state index contributed by atoms with van der Waals surface area (Å²) in [5.74, 6) is 0.00163. The van der Waals surface area contributed by atoms with Gasteiger partial charge in [0.05, 0.1) is 16.8 Å². The molecule has 0 saturated carbocycles. The molecule has 3 rings (SSSR count). The van der Waals surface area contributed by atoms with Crippen LogP contribution in [-0.4, -0.2) is 22.8 Å². The van der Waals surface area contributed by atoms with Gasteiger partial charge in [0.25, 0.3) is 5.91 Å². The molecule has 0 spiro atoms. The van der Waals surface area contributed by atoms with Gasteiger partial charge in [-0.05, 0) is 36.4 Å². The van der Waals surface area contributed by atoms with Crippen LogP contribution in [0, 0.1) is 0 Å². The van der Waals surface area contributed by atoms with Crippen molar-refractivity contribution in [3.05, 3.63) is 63.6 Å². The molecule has 1 amide bonds. The van der Waals surface area contributed by atoms with E-state index in [1.165, 1.54) is 0 Å². The van der Waals surface area contributed by atoms with Crippen molar-refractivity contribution >= 4 is 43.4 Å². The van der Waals surface area contributed by atoms with Gasteiger partial charge in [-0.3, -0.25) is 4.79 Å². The molecule has 1 aromatic heterocycles. The molecular weight excluding hydrogens is 348 g/mol. The first kappa shape index (κ1) is 14.2. The fraction of sp³-hybridized carbons (Fsp3) is 0.125. The molecule has 2 aromatic carbocycles. The van der Waals surface area contributed by atoms with Gasteiger partial charge in [0, 0.05) is 17.1 Å². The Morgan fingerprint density at radius 3 is 2.62 bits per heavy atom. The average molecular weight is 361 g/mol. The highest BCUT2D eigenvalue weighted by Gasteiger charge is 2.14. The molecule has 0 unspecified atom stereocenters. The van der Waals surface area contributed by atoms with Crippen molar-refractivity contribution in [3.8, 4) is 0 Å². The minimum absolute atomic E-state index is 0.00163. The van der Waals surface area contributed by atoms with E-state index >= 15 is 0 Å². The number of para-hydroxylation sites is 1. The number of rotatable bonds is 3. The highest BCUT2D eigenvalue weighted by Crippen LogP contribution is 2.22. The van der Waals surface area contributed by atoms with Gasteiger partial charge in [0.1, 0.15) is 5.01 Å². The third-order valence-electron chi connectivity index (χ3n) is 3.15. The minimum Gasteiger partial charge on any atom is -0.335 e. The van der Waals surface area contributed by atoms with Gasteiger partial charge in [-0.15, -0.1) is 11.3 Å². The van der Waals surface area contributed by atoms with Crippen molar-refractivity contribution in [2.24, 2.45) is 0 Å². The van der Waals surface area contributed by atoms with Gasteiger partial charge in [0.2, 0.25) is 0 Å². The molecule has 0 aliphatic rings. The van der Waals surface area contributed by atoms with Gasteiger partial charge >= 0.3 is 0 Å². The Balaban J connectivity index is 1.77. The predicted octanol–water partition coefficient (Wildman–Crippen LogP) is 4.33. The Bertz CT molecular complexity index is 749. The lowest BCUT2D eigenvalue weighted by atomic mass is 10.2. The van der Waals surface area contributed by atoms with Crippen LogP contribution >= 0.6 is 27.3 Å². The lowest BCUT2D eigenvalue weighted by Gasteiger charge is -2.15. The molecule has 3 aromatic rings. The number of aromatic nitrogens is 1. The summed E-state index contributed by atoms with van der Waals surface area (Å²) >= 11 is 5.00. The Kier molecular flexibility index (Phi) is 4.03. The van der Waals surface area contributed by atoms with E-state index in [1.54, 1.807) is 23.3 Å². The zero-order valence-corrected chi connectivity index (χ0v) is 13.8. The molecule has 5 heteroatoms. The summed E-state index contributed by atoms with van der Waals surface area (Å²) in [6, 6.07) is 15.4. The van der Waals surface area contributed by atoms with E-state index in [4.69, 9.17) is 0 Å². The van der Waals surface area contributed by atoms with Crippen LogP contribution in [0.2, 0.25) is 0 Å². The molecule has 0 radical (unpaired) electrons. The van der Waals surface area contributed by atoms with Gasteiger partial charge in [-0.25, -0.2) is 4.98 Å². The summed E-state index contributed by atoms with van der Waals surface area (Å²) in [5.41, 5.74) is 1.67. The minimum atomic E-state index is 0.00163. The quantitative estimate of drug-likeness (QED) is 0.696. The molecule has 3 nitrogen and oxygen atoms in total. The van der Waals surface area contributed by atoms with Crippen molar-refractivity contribution in [2.45, 2.75) is 6.54 Å². The smallest absolute Gasteiger partial charge is 0.253 e. The van der Waals surface area contributed by atoms with Crippen molar-refractivity contribution < 1.29 is 4.79 Å². The maximum atomic E-state index is 12.4. The van der Waals surface area contributed by atoms with E-state index in [0.29, 0.717) is 12.1 Å². The number of carbonyl (C=O) groups excluding carboxylic acids is 1.